The number of ether oxygens (including phenoxy) is 1. The van der Waals surface area contributed by atoms with Gasteiger partial charge in [0.05, 0.1) is 22.4 Å². The topological polar surface area (TPSA) is 36.8 Å². The van der Waals surface area contributed by atoms with Crippen LogP contribution in [0.3, 0.4) is 0 Å². The summed E-state index contributed by atoms with van der Waals surface area (Å²) in [5, 5.41) is 2.34. The number of fused-ring (bicyclic) bond motifs is 5. The average molecular weight is 958 g/mol. The molecule has 0 aliphatic carbocycles. The van der Waals surface area contributed by atoms with Crippen LogP contribution in [0.25, 0.3) is 38.8 Å². The van der Waals surface area contributed by atoms with Crippen molar-refractivity contribution in [3.05, 3.63) is 221 Å². The smallest absolute Gasteiger partial charge is 0.314 e. The van der Waals surface area contributed by atoms with Crippen LogP contribution in [0.15, 0.2) is 188 Å². The number of nitrogens with zero attached hydrogens (tertiary/aromatic N) is 5. The summed E-state index contributed by atoms with van der Waals surface area (Å²) in [6.45, 7) is 28.2. The van der Waals surface area contributed by atoms with Crippen molar-refractivity contribution in [2.45, 2.75) is 105 Å². The zero-order valence-corrected chi connectivity index (χ0v) is 44.7. The van der Waals surface area contributed by atoms with E-state index in [0.29, 0.717) is 6.67 Å². The number of rotatable bonds is 7. The maximum absolute atomic E-state index is 6.87. The minimum Gasteiger partial charge on any atom is -0.457 e. The molecule has 0 radical (unpaired) electrons. The molecule has 11 rings (SSSR count). The molecule has 8 aromatic rings. The Bertz CT molecular complexity index is 3570. The molecule has 73 heavy (non-hydrogen) atoms. The first-order chi connectivity index (χ1) is 34.7. The second-order valence-corrected chi connectivity index (χ2v) is 24.3. The standard InChI is InChI=1S/C66H68BN5O/c1-63(2,3)46-32-35-68-61(39-46)72-57-25-16-14-23-53(57)54-29-28-51(41-60(54)72)73-50-21-19-20-49(40-50)69-43-70(59-27-18-17-26-58(59)69)62-55(52-22-13-15-24-56(52)66(10,11)12)31-34-67-33-30-44(42-71(62)67)45-36-47(64(4,5)6)38-48(37-45)65(7,8)9/h13-42H,43H2,1-12H3. The van der Waals surface area contributed by atoms with Crippen molar-refractivity contribution >= 4 is 56.9 Å². The predicted molar refractivity (Wildman–Crippen MR) is 309 cm³/mol. The maximum Gasteiger partial charge on any atom is 0.314 e. The van der Waals surface area contributed by atoms with Crippen molar-refractivity contribution < 1.29 is 4.74 Å². The highest BCUT2D eigenvalue weighted by molar-refractivity contribution is 6.68. The lowest BCUT2D eigenvalue weighted by Gasteiger charge is -2.40. The number of allylic oxidation sites excluding steroid dienone is 4. The van der Waals surface area contributed by atoms with E-state index in [1.54, 1.807) is 0 Å². The molecular formula is C66H68BN5O. The van der Waals surface area contributed by atoms with Gasteiger partial charge in [-0.3, -0.25) is 4.57 Å². The highest BCUT2D eigenvalue weighted by Gasteiger charge is 2.38. The molecule has 6 nitrogen and oxygen atoms in total. The minimum atomic E-state index is -0.0797. The van der Waals surface area contributed by atoms with E-state index in [9.17, 15) is 0 Å². The molecule has 0 bridgehead atoms. The van der Waals surface area contributed by atoms with E-state index in [-0.39, 0.29) is 28.5 Å². The minimum absolute atomic E-state index is 0.00291. The fourth-order valence-corrected chi connectivity index (χ4v) is 10.8. The van der Waals surface area contributed by atoms with Crippen molar-refractivity contribution in [1.82, 2.24) is 14.4 Å². The van der Waals surface area contributed by atoms with Crippen LogP contribution < -0.4 is 14.5 Å². The van der Waals surface area contributed by atoms with Crippen LogP contribution in [-0.2, 0) is 21.7 Å². The number of hydrogen-bond donors (Lipinski definition) is 0. The predicted octanol–water partition coefficient (Wildman–Crippen LogP) is 17.0. The van der Waals surface area contributed by atoms with E-state index in [0.717, 1.165) is 56.6 Å². The van der Waals surface area contributed by atoms with Crippen molar-refractivity contribution in [2.24, 2.45) is 0 Å². The van der Waals surface area contributed by atoms with Crippen LogP contribution in [0.4, 0.5) is 17.1 Å². The summed E-state index contributed by atoms with van der Waals surface area (Å²) in [4.78, 5) is 12.4. The lowest BCUT2D eigenvalue weighted by Crippen LogP contribution is -2.44. The Kier molecular flexibility index (Phi) is 11.5. The van der Waals surface area contributed by atoms with Crippen LogP contribution >= 0.6 is 0 Å². The first-order valence-electron chi connectivity index (χ1n) is 26.0. The number of aromatic nitrogens is 2. The lowest BCUT2D eigenvalue weighted by atomic mass is 9.56. The molecule has 7 heteroatoms. The van der Waals surface area contributed by atoms with Crippen LogP contribution in [0, 0.1) is 0 Å². The Balaban J connectivity index is 1.00. The zero-order valence-electron chi connectivity index (χ0n) is 44.7. The van der Waals surface area contributed by atoms with Crippen molar-refractivity contribution in [3.63, 3.8) is 0 Å². The normalized spacial score (nSPS) is 15.2. The third-order valence-corrected chi connectivity index (χ3v) is 14.9. The third-order valence-electron chi connectivity index (χ3n) is 14.9. The number of benzene rings is 6. The number of hydrogen-bond acceptors (Lipinski definition) is 5. The van der Waals surface area contributed by atoms with Gasteiger partial charge in [0.25, 0.3) is 0 Å². The van der Waals surface area contributed by atoms with Gasteiger partial charge in [-0.1, -0.05) is 186 Å². The van der Waals surface area contributed by atoms with Crippen molar-refractivity contribution in [3.8, 4) is 17.3 Å². The maximum atomic E-state index is 6.87. The molecule has 3 aliphatic rings. The highest BCUT2D eigenvalue weighted by Crippen LogP contribution is 2.48. The summed E-state index contributed by atoms with van der Waals surface area (Å²) >= 11 is 0. The van der Waals surface area contributed by atoms with Crippen LogP contribution in [0.2, 0.25) is 0 Å². The molecule has 0 fully saturated rings. The monoisotopic (exact) mass is 958 g/mol. The molecule has 0 saturated carbocycles. The average Bonchev–Trinajstić information content (AvgIpc) is 3.91. The zero-order chi connectivity index (χ0) is 51.2. The fourth-order valence-electron chi connectivity index (χ4n) is 10.8. The van der Waals surface area contributed by atoms with E-state index >= 15 is 0 Å². The summed E-state index contributed by atoms with van der Waals surface area (Å²) in [5.41, 5.74) is 15.5. The van der Waals surface area contributed by atoms with Crippen LogP contribution in [-0.4, -0.2) is 27.9 Å². The molecule has 0 spiro atoms. The second kappa shape index (κ2) is 17.6. The molecular weight excluding hydrogens is 890 g/mol. The Morgan fingerprint density at radius 3 is 1.89 bits per heavy atom. The largest absolute Gasteiger partial charge is 0.457 e. The Morgan fingerprint density at radius 2 is 1.16 bits per heavy atom. The lowest BCUT2D eigenvalue weighted by molar-refractivity contribution is 0.483. The van der Waals surface area contributed by atoms with Crippen LogP contribution in [0.1, 0.15) is 116 Å². The Morgan fingerprint density at radius 1 is 0.521 bits per heavy atom. The molecule has 3 aliphatic heterocycles. The molecule has 2 aromatic heterocycles. The van der Waals surface area contributed by atoms with E-state index < -0.39 is 0 Å². The first-order valence-corrected chi connectivity index (χ1v) is 26.0. The number of anilines is 3. The molecule has 0 saturated heterocycles. The quantitative estimate of drug-likeness (QED) is 0.149. The number of pyridine rings is 1. The molecule has 366 valence electrons. The van der Waals surface area contributed by atoms with Gasteiger partial charge in [0.1, 0.15) is 29.8 Å². The van der Waals surface area contributed by atoms with Gasteiger partial charge < -0.3 is 19.3 Å². The summed E-state index contributed by atoms with van der Waals surface area (Å²) in [7, 11) is 0. The summed E-state index contributed by atoms with van der Waals surface area (Å²) in [5.74, 6) is 8.32. The summed E-state index contributed by atoms with van der Waals surface area (Å²) in [6, 6.07) is 53.0. The number of para-hydroxylation sites is 3. The van der Waals surface area contributed by atoms with Gasteiger partial charge in [0.15, 0.2) is 0 Å². The van der Waals surface area contributed by atoms with E-state index in [4.69, 9.17) is 9.72 Å². The van der Waals surface area contributed by atoms with Crippen molar-refractivity contribution in [1.29, 1.82) is 0 Å². The van der Waals surface area contributed by atoms with Gasteiger partial charge >= 0.3 is 6.85 Å². The van der Waals surface area contributed by atoms with Gasteiger partial charge in [-0.15, -0.1) is 0 Å². The SMILES string of the molecule is CC(C)(C)c1cc(C2=CN3B(C=C2)C=CC(c2ccccc2C(C)(C)C)=C3N2CN(c3cccc(Oc4ccc5c6ccccc6n(-c6cc(C(C)(C)C)ccn6)c5c4)c3)c3ccccc32)cc(C(C)(C)C)c1. The highest BCUT2D eigenvalue weighted by atomic mass is 16.5. The second-order valence-electron chi connectivity index (χ2n) is 24.3. The van der Waals surface area contributed by atoms with Crippen LogP contribution in [0.5, 0.6) is 11.5 Å². The summed E-state index contributed by atoms with van der Waals surface area (Å²) < 4.78 is 9.14. The molecule has 0 unspecified atom stereocenters. The molecule has 5 heterocycles. The fraction of sp³-hybridized carbons (Fsp3) is 0.258. The molecule has 0 N–H and O–H groups in total. The Labute approximate surface area is 433 Å². The molecule has 0 atom stereocenters. The third kappa shape index (κ3) is 8.87. The summed E-state index contributed by atoms with van der Waals surface area (Å²) in [6.07, 6.45) is 9.04. The van der Waals surface area contributed by atoms with Gasteiger partial charge in [-0.05, 0) is 115 Å². The van der Waals surface area contributed by atoms with Crippen molar-refractivity contribution in [2.75, 3.05) is 16.5 Å². The first kappa shape index (κ1) is 47.8. The van der Waals surface area contributed by atoms with E-state index in [1.807, 2.05) is 6.20 Å². The van der Waals surface area contributed by atoms with Gasteiger partial charge in [-0.2, -0.15) is 0 Å². The van der Waals surface area contributed by atoms with Gasteiger partial charge in [0, 0.05) is 46.6 Å². The van der Waals surface area contributed by atoms with Gasteiger partial charge in [-0.25, -0.2) is 4.98 Å². The van der Waals surface area contributed by atoms with E-state index in [2.05, 4.69) is 278 Å². The van der Waals surface area contributed by atoms with Gasteiger partial charge in [0.2, 0.25) is 0 Å². The Hall–Kier alpha value is -7.51. The molecule has 0 amide bonds. The van der Waals surface area contributed by atoms with E-state index in [1.165, 1.54) is 49.9 Å². The molecule has 6 aromatic carbocycles.